The predicted octanol–water partition coefficient (Wildman–Crippen LogP) is 4.72. The van der Waals surface area contributed by atoms with E-state index in [2.05, 4.69) is 19.2 Å². The second-order valence-electron chi connectivity index (χ2n) is 6.62. The number of rotatable bonds is 2. The summed E-state index contributed by atoms with van der Waals surface area (Å²) >= 11 is 0. The standard InChI is InChI=1S/C19H17F2NO2/c1-19(2)8-17-18-12(9-24-17)10(4-5-15(18)22-19)11-6-13(20)14(21)7-16(11)23-3/h4-8,22H,9H2,1-3H3. The largest absolute Gasteiger partial charge is 0.496 e. The van der Waals surface area contributed by atoms with Gasteiger partial charge in [0.15, 0.2) is 11.6 Å². The van der Waals surface area contributed by atoms with Crippen LogP contribution in [0.2, 0.25) is 0 Å². The molecule has 0 spiro atoms. The third-order valence-corrected chi connectivity index (χ3v) is 4.41. The summed E-state index contributed by atoms with van der Waals surface area (Å²) in [5.41, 5.74) is 4.02. The minimum atomic E-state index is -0.926. The van der Waals surface area contributed by atoms with Gasteiger partial charge in [0.25, 0.3) is 0 Å². The first-order chi connectivity index (χ1) is 11.4. The van der Waals surface area contributed by atoms with E-state index in [0.29, 0.717) is 17.9 Å². The van der Waals surface area contributed by atoms with E-state index in [1.54, 1.807) is 0 Å². The van der Waals surface area contributed by atoms with Crippen LogP contribution in [0.15, 0.2) is 30.3 Å². The minimum Gasteiger partial charge on any atom is -0.496 e. The van der Waals surface area contributed by atoms with Gasteiger partial charge in [-0.3, -0.25) is 0 Å². The van der Waals surface area contributed by atoms with E-state index in [1.165, 1.54) is 13.2 Å². The molecule has 1 N–H and O–H groups in total. The Kier molecular flexibility index (Phi) is 3.10. The molecule has 124 valence electrons. The summed E-state index contributed by atoms with van der Waals surface area (Å²) in [5, 5.41) is 3.45. The summed E-state index contributed by atoms with van der Waals surface area (Å²) in [6.07, 6.45) is 2.04. The van der Waals surface area contributed by atoms with Gasteiger partial charge in [0.1, 0.15) is 18.1 Å². The number of hydrogen-bond acceptors (Lipinski definition) is 3. The molecule has 0 fully saturated rings. The highest BCUT2D eigenvalue weighted by Gasteiger charge is 2.33. The smallest absolute Gasteiger partial charge is 0.162 e. The Balaban J connectivity index is 1.94. The molecule has 2 aromatic rings. The van der Waals surface area contributed by atoms with Crippen molar-refractivity contribution in [3.8, 4) is 16.9 Å². The number of nitrogens with one attached hydrogen (secondary N) is 1. The molecule has 2 heterocycles. The molecule has 0 radical (unpaired) electrons. The summed E-state index contributed by atoms with van der Waals surface area (Å²) in [5.74, 6) is -0.700. The Morgan fingerprint density at radius 1 is 1.12 bits per heavy atom. The van der Waals surface area contributed by atoms with Crippen LogP contribution in [0, 0.1) is 11.6 Å². The third kappa shape index (κ3) is 2.15. The fraction of sp³-hybridized carbons (Fsp3) is 0.263. The van der Waals surface area contributed by atoms with Crippen molar-refractivity contribution in [3.05, 3.63) is 53.1 Å². The average Bonchev–Trinajstić information content (AvgIpc) is 2.93. The average molecular weight is 329 g/mol. The molecule has 0 atom stereocenters. The van der Waals surface area contributed by atoms with Crippen LogP contribution >= 0.6 is 0 Å². The number of hydrogen-bond donors (Lipinski definition) is 1. The molecular formula is C19H17F2NO2. The Bertz CT molecular complexity index is 887. The molecule has 0 amide bonds. The minimum absolute atomic E-state index is 0.203. The zero-order valence-corrected chi connectivity index (χ0v) is 13.7. The fourth-order valence-corrected chi connectivity index (χ4v) is 3.39. The first kappa shape index (κ1) is 15.0. The molecule has 24 heavy (non-hydrogen) atoms. The molecule has 0 bridgehead atoms. The number of halogens is 2. The maximum absolute atomic E-state index is 13.8. The summed E-state index contributed by atoms with van der Waals surface area (Å²) in [6.45, 7) is 4.53. The summed E-state index contributed by atoms with van der Waals surface area (Å²) in [7, 11) is 1.44. The number of ether oxygens (including phenoxy) is 2. The highest BCUT2D eigenvalue weighted by Crippen LogP contribution is 2.46. The van der Waals surface area contributed by atoms with E-state index in [-0.39, 0.29) is 5.54 Å². The van der Waals surface area contributed by atoms with Crippen molar-refractivity contribution in [2.45, 2.75) is 26.0 Å². The Morgan fingerprint density at radius 2 is 1.88 bits per heavy atom. The third-order valence-electron chi connectivity index (χ3n) is 4.41. The molecule has 5 heteroatoms. The van der Waals surface area contributed by atoms with Crippen LogP contribution in [-0.4, -0.2) is 12.6 Å². The molecule has 0 saturated heterocycles. The molecule has 4 rings (SSSR count). The van der Waals surface area contributed by atoms with E-state index >= 15 is 0 Å². The highest BCUT2D eigenvalue weighted by atomic mass is 19.2. The van der Waals surface area contributed by atoms with Gasteiger partial charge in [-0.1, -0.05) is 6.07 Å². The molecule has 3 nitrogen and oxygen atoms in total. The van der Waals surface area contributed by atoms with E-state index in [0.717, 1.165) is 34.2 Å². The lowest BCUT2D eigenvalue weighted by atomic mass is 9.89. The molecule has 0 aromatic heterocycles. The fourth-order valence-electron chi connectivity index (χ4n) is 3.39. The van der Waals surface area contributed by atoms with Crippen LogP contribution in [0.4, 0.5) is 14.5 Å². The van der Waals surface area contributed by atoms with Crippen LogP contribution in [0.5, 0.6) is 5.75 Å². The Labute approximate surface area is 138 Å². The SMILES string of the molecule is COc1cc(F)c(F)cc1-c1ccc2c3c1COC3=CC(C)(C)N2. The summed E-state index contributed by atoms with van der Waals surface area (Å²) in [4.78, 5) is 0. The Morgan fingerprint density at radius 3 is 2.62 bits per heavy atom. The van der Waals surface area contributed by atoms with Crippen molar-refractivity contribution in [3.63, 3.8) is 0 Å². The topological polar surface area (TPSA) is 30.5 Å². The van der Waals surface area contributed by atoms with Crippen molar-refractivity contribution in [2.24, 2.45) is 0 Å². The first-order valence-corrected chi connectivity index (χ1v) is 7.73. The van der Waals surface area contributed by atoms with Gasteiger partial charge in [0, 0.05) is 28.4 Å². The van der Waals surface area contributed by atoms with E-state index < -0.39 is 11.6 Å². The number of benzene rings is 2. The predicted molar refractivity (Wildman–Crippen MR) is 88.8 cm³/mol. The molecule has 0 unspecified atom stereocenters. The van der Waals surface area contributed by atoms with Crippen molar-refractivity contribution in [1.82, 2.24) is 0 Å². The van der Waals surface area contributed by atoms with E-state index in [9.17, 15) is 8.78 Å². The van der Waals surface area contributed by atoms with Crippen LogP contribution < -0.4 is 10.1 Å². The van der Waals surface area contributed by atoms with Gasteiger partial charge < -0.3 is 14.8 Å². The van der Waals surface area contributed by atoms with Gasteiger partial charge >= 0.3 is 0 Å². The molecule has 2 aromatic carbocycles. The maximum atomic E-state index is 13.8. The zero-order valence-electron chi connectivity index (χ0n) is 13.7. The highest BCUT2D eigenvalue weighted by molar-refractivity contribution is 5.88. The van der Waals surface area contributed by atoms with Crippen LogP contribution in [0.25, 0.3) is 16.9 Å². The molecule has 0 saturated carbocycles. The van der Waals surface area contributed by atoms with Gasteiger partial charge in [-0.2, -0.15) is 0 Å². The summed E-state index contributed by atoms with van der Waals surface area (Å²) in [6, 6.07) is 6.08. The maximum Gasteiger partial charge on any atom is 0.162 e. The second kappa shape index (κ2) is 4.97. The molecular weight excluding hydrogens is 312 g/mol. The Hall–Kier alpha value is -2.56. The lowest BCUT2D eigenvalue weighted by Crippen LogP contribution is -2.31. The monoisotopic (exact) mass is 329 g/mol. The van der Waals surface area contributed by atoms with E-state index in [4.69, 9.17) is 9.47 Å². The first-order valence-electron chi connectivity index (χ1n) is 7.73. The molecule has 2 aliphatic heterocycles. The van der Waals surface area contributed by atoms with Crippen molar-refractivity contribution < 1.29 is 18.3 Å². The second-order valence-corrected chi connectivity index (χ2v) is 6.62. The lowest BCUT2D eigenvalue weighted by Gasteiger charge is -2.30. The van der Waals surface area contributed by atoms with Crippen LogP contribution in [0.1, 0.15) is 25.0 Å². The van der Waals surface area contributed by atoms with Gasteiger partial charge in [0.2, 0.25) is 0 Å². The van der Waals surface area contributed by atoms with Crippen molar-refractivity contribution in [2.75, 3.05) is 12.4 Å². The molecule has 0 aliphatic carbocycles. The van der Waals surface area contributed by atoms with Crippen LogP contribution in [-0.2, 0) is 11.3 Å². The van der Waals surface area contributed by atoms with Gasteiger partial charge in [0.05, 0.1) is 12.6 Å². The van der Waals surface area contributed by atoms with E-state index in [1.807, 2.05) is 18.2 Å². The van der Waals surface area contributed by atoms with Gasteiger partial charge in [-0.05, 0) is 37.6 Å². The summed E-state index contributed by atoms with van der Waals surface area (Å²) < 4.78 is 38.4. The lowest BCUT2D eigenvalue weighted by molar-refractivity contribution is 0.283. The molecule has 2 aliphatic rings. The quantitative estimate of drug-likeness (QED) is 0.865. The van der Waals surface area contributed by atoms with Crippen molar-refractivity contribution in [1.29, 1.82) is 0 Å². The zero-order chi connectivity index (χ0) is 17.1. The van der Waals surface area contributed by atoms with Crippen molar-refractivity contribution >= 4 is 11.4 Å². The van der Waals surface area contributed by atoms with Crippen LogP contribution in [0.3, 0.4) is 0 Å². The normalized spacial score (nSPS) is 16.8. The number of methoxy groups -OCH3 is 1. The number of anilines is 1. The van der Waals surface area contributed by atoms with Gasteiger partial charge in [-0.15, -0.1) is 0 Å². The van der Waals surface area contributed by atoms with Gasteiger partial charge in [-0.25, -0.2) is 8.78 Å².